The maximum Gasteiger partial charge on any atom is 0.509 e. The Bertz CT molecular complexity index is 1020. The number of alkyl halides is 2. The number of hydrogen-bond acceptors (Lipinski definition) is 7. The summed E-state index contributed by atoms with van der Waals surface area (Å²) in [5, 5.41) is 11.5. The average molecular weight is 527 g/mol. The summed E-state index contributed by atoms with van der Waals surface area (Å²) in [6.07, 6.45) is 2.50. The lowest BCUT2D eigenvalue weighted by Crippen LogP contribution is -2.70. The van der Waals surface area contributed by atoms with E-state index in [-0.39, 0.29) is 12.2 Å². The van der Waals surface area contributed by atoms with Gasteiger partial charge in [0.05, 0.1) is 12.2 Å². The molecule has 4 aliphatic carbocycles. The average Bonchev–Trinajstić information content (AvgIpc) is 2.96. The molecule has 0 aromatic heterocycles. The number of halogens is 2. The molecule has 200 valence electrons. The number of rotatable bonds is 4. The minimum Gasteiger partial charge on any atom is -0.443 e. The molecule has 0 saturated heterocycles. The van der Waals surface area contributed by atoms with E-state index in [0.29, 0.717) is 24.8 Å². The smallest absolute Gasteiger partial charge is 0.443 e. The van der Waals surface area contributed by atoms with Crippen LogP contribution in [0.3, 0.4) is 0 Å². The lowest BCUT2D eigenvalue weighted by Gasteiger charge is -2.62. The molecule has 0 heterocycles. The van der Waals surface area contributed by atoms with E-state index in [2.05, 4.69) is 0 Å². The number of carbonyl (C=O) groups excluding carboxylic acids is 3. The quantitative estimate of drug-likeness (QED) is 0.405. The summed E-state index contributed by atoms with van der Waals surface area (Å²) in [5.41, 5.74) is -6.55. The Morgan fingerprint density at radius 1 is 1.19 bits per heavy atom. The van der Waals surface area contributed by atoms with Crippen LogP contribution in [0.2, 0.25) is 0 Å². The van der Waals surface area contributed by atoms with Gasteiger partial charge in [-0.15, -0.1) is 0 Å². The minimum atomic E-state index is -2.07. The van der Waals surface area contributed by atoms with E-state index in [0.717, 1.165) is 0 Å². The number of hydrogen-bond donors (Lipinski definition) is 1. The predicted molar refractivity (Wildman–Crippen MR) is 130 cm³/mol. The second kappa shape index (κ2) is 8.83. The molecule has 4 aliphatic rings. The van der Waals surface area contributed by atoms with E-state index in [1.54, 1.807) is 40.7 Å². The highest BCUT2D eigenvalue weighted by Crippen LogP contribution is 2.71. The Morgan fingerprint density at radius 2 is 1.86 bits per heavy atom. The second-order valence-electron chi connectivity index (χ2n) is 11.6. The van der Waals surface area contributed by atoms with Crippen molar-refractivity contribution in [3.8, 4) is 0 Å². The van der Waals surface area contributed by atoms with Crippen molar-refractivity contribution in [2.75, 3.05) is 0 Å². The number of ether oxygens (including phenoxy) is 3. The first-order valence-electron chi connectivity index (χ1n) is 12.7. The fourth-order valence-corrected chi connectivity index (χ4v) is 7.89. The van der Waals surface area contributed by atoms with E-state index in [1.165, 1.54) is 19.1 Å². The molecule has 4 rings (SSSR count). The summed E-state index contributed by atoms with van der Waals surface area (Å²) in [7, 11) is 0. The molecular formula is C27H36ClFO7. The zero-order valence-electron chi connectivity index (χ0n) is 21.7. The fraction of sp³-hybridized carbons (Fsp3) is 0.741. The Labute approximate surface area is 216 Å². The third kappa shape index (κ3) is 3.57. The number of carbonyl (C=O) groups is 3. The van der Waals surface area contributed by atoms with Gasteiger partial charge in [0.15, 0.2) is 17.0 Å². The summed E-state index contributed by atoms with van der Waals surface area (Å²) < 4.78 is 33.9. The fourth-order valence-electron chi connectivity index (χ4n) is 7.81. The van der Waals surface area contributed by atoms with Crippen LogP contribution in [0.1, 0.15) is 67.2 Å². The topological polar surface area (TPSA) is 99.1 Å². The van der Waals surface area contributed by atoms with Gasteiger partial charge >= 0.3 is 12.1 Å². The van der Waals surface area contributed by atoms with Crippen LogP contribution < -0.4 is 0 Å². The van der Waals surface area contributed by atoms with Crippen LogP contribution in [0.15, 0.2) is 23.8 Å². The maximum atomic E-state index is 17.4. The Hall–Kier alpha value is -1.93. The van der Waals surface area contributed by atoms with E-state index >= 15 is 4.39 Å². The Balaban J connectivity index is 1.82. The molecule has 0 radical (unpaired) electrons. The molecule has 1 unspecified atom stereocenters. The molecule has 0 amide bonds. The molecule has 0 aromatic rings. The van der Waals surface area contributed by atoms with Gasteiger partial charge in [0.1, 0.15) is 0 Å². The summed E-state index contributed by atoms with van der Waals surface area (Å²) in [4.78, 5) is 38.5. The van der Waals surface area contributed by atoms with E-state index in [9.17, 15) is 19.5 Å². The summed E-state index contributed by atoms with van der Waals surface area (Å²) in [5.74, 6) is -2.65. The molecule has 0 aromatic carbocycles. The van der Waals surface area contributed by atoms with Crippen molar-refractivity contribution in [2.45, 2.75) is 96.3 Å². The number of allylic oxidation sites excluding steroid dienone is 4. The first-order valence-corrected chi connectivity index (χ1v) is 13.1. The summed E-state index contributed by atoms with van der Waals surface area (Å²) in [6, 6.07) is 0. The first-order chi connectivity index (χ1) is 16.6. The van der Waals surface area contributed by atoms with Gasteiger partial charge in [-0.3, -0.25) is 4.79 Å². The van der Waals surface area contributed by atoms with Crippen LogP contribution in [-0.4, -0.2) is 52.1 Å². The van der Waals surface area contributed by atoms with Crippen molar-refractivity contribution in [1.82, 2.24) is 0 Å². The maximum absolute atomic E-state index is 17.4. The molecule has 3 fully saturated rings. The molecular weight excluding hydrogens is 491 g/mol. The molecule has 0 bridgehead atoms. The van der Waals surface area contributed by atoms with E-state index in [1.807, 2.05) is 0 Å². The number of ketones is 1. The molecule has 0 spiro atoms. The molecule has 1 N–H and O–H groups in total. The molecule has 3 saturated carbocycles. The van der Waals surface area contributed by atoms with Crippen LogP contribution in [-0.2, 0) is 23.8 Å². The van der Waals surface area contributed by atoms with E-state index < -0.39 is 69.7 Å². The van der Waals surface area contributed by atoms with Crippen LogP contribution in [0.5, 0.6) is 0 Å². The second-order valence-corrected chi connectivity index (χ2v) is 12.2. The van der Waals surface area contributed by atoms with Gasteiger partial charge in [0, 0.05) is 22.7 Å². The number of esters is 1. The lowest BCUT2D eigenvalue weighted by molar-refractivity contribution is -0.231. The zero-order valence-corrected chi connectivity index (χ0v) is 22.4. The van der Waals surface area contributed by atoms with E-state index in [4.69, 9.17) is 25.8 Å². The standard InChI is InChI=1S/C27H36ClFO7/c1-14(2)34-23(33)36-27(22(32)35-16(4)28)15(3)11-20-19-8-7-17-12-18(30)9-10-24(17,5)26(19,29)21(31)13-25(20,27)6/h9-10,12,14-16,19-21,31H,7-8,11,13H2,1-6H3/t15-,16?,19-,20-,21-,24-,25-,26-,27-/m0/s1. The number of aliphatic hydroxyl groups is 1. The predicted octanol–water partition coefficient (Wildman–Crippen LogP) is 5.03. The van der Waals surface area contributed by atoms with Gasteiger partial charge in [-0.05, 0) is 71.4 Å². The highest BCUT2D eigenvalue weighted by Gasteiger charge is 2.78. The van der Waals surface area contributed by atoms with Crippen molar-refractivity contribution < 1.29 is 38.1 Å². The third-order valence-corrected chi connectivity index (χ3v) is 9.42. The first kappa shape index (κ1) is 27.1. The summed E-state index contributed by atoms with van der Waals surface area (Å²) >= 11 is 6.00. The van der Waals surface area contributed by atoms with Crippen LogP contribution in [0, 0.1) is 28.6 Å². The van der Waals surface area contributed by atoms with Crippen LogP contribution in [0.25, 0.3) is 0 Å². The minimum absolute atomic E-state index is 0.152. The van der Waals surface area contributed by atoms with Crippen LogP contribution in [0.4, 0.5) is 9.18 Å². The molecule has 9 heteroatoms. The number of fused-ring (bicyclic) bond motifs is 5. The highest BCUT2D eigenvalue weighted by molar-refractivity contribution is 6.20. The molecule has 7 nitrogen and oxygen atoms in total. The largest absolute Gasteiger partial charge is 0.509 e. The van der Waals surface area contributed by atoms with Crippen molar-refractivity contribution in [1.29, 1.82) is 0 Å². The summed E-state index contributed by atoms with van der Waals surface area (Å²) in [6.45, 7) is 10.1. The Morgan fingerprint density at radius 3 is 2.47 bits per heavy atom. The monoisotopic (exact) mass is 526 g/mol. The SMILES string of the molecule is CC(C)OC(=O)O[C@]1(C(=O)OC(C)Cl)[C@@H](C)C[C@H]2[C@@H]3CCC4=CC(=O)C=C[C@]4(C)[C@@]3(F)[C@@H](O)C[C@@]21C. The zero-order chi connectivity index (χ0) is 26.8. The molecule has 0 aliphatic heterocycles. The van der Waals surface area contributed by atoms with Crippen molar-refractivity contribution in [3.63, 3.8) is 0 Å². The van der Waals surface area contributed by atoms with Gasteiger partial charge in [0.2, 0.25) is 5.60 Å². The van der Waals surface area contributed by atoms with Crippen molar-refractivity contribution in [3.05, 3.63) is 23.8 Å². The van der Waals surface area contributed by atoms with Crippen LogP contribution >= 0.6 is 11.6 Å². The van der Waals surface area contributed by atoms with Gasteiger partial charge in [0.25, 0.3) is 0 Å². The molecule has 9 atom stereocenters. The van der Waals surface area contributed by atoms with Crippen molar-refractivity contribution >= 4 is 29.5 Å². The van der Waals surface area contributed by atoms with Crippen molar-refractivity contribution in [2.24, 2.45) is 28.6 Å². The third-order valence-electron chi connectivity index (χ3n) is 9.33. The van der Waals surface area contributed by atoms with Gasteiger partial charge < -0.3 is 19.3 Å². The van der Waals surface area contributed by atoms with Gasteiger partial charge in [-0.2, -0.15) is 0 Å². The number of aliphatic hydroxyl groups excluding tert-OH is 1. The van der Waals surface area contributed by atoms with Gasteiger partial charge in [-0.1, -0.05) is 37.1 Å². The lowest BCUT2D eigenvalue weighted by atomic mass is 9.44. The van der Waals surface area contributed by atoms with Gasteiger partial charge in [-0.25, -0.2) is 14.0 Å². The highest BCUT2D eigenvalue weighted by atomic mass is 35.5. The normalized spacial score (nSPS) is 44.2. The Kier molecular flexibility index (Phi) is 6.65. The molecule has 36 heavy (non-hydrogen) atoms.